The fourth-order valence-corrected chi connectivity index (χ4v) is 3.24. The molecule has 2 amide bonds. The van der Waals surface area contributed by atoms with Crippen molar-refractivity contribution >= 4 is 17.5 Å². The molecule has 2 aliphatic heterocycles. The van der Waals surface area contributed by atoms with E-state index in [0.717, 1.165) is 31.6 Å². The highest BCUT2D eigenvalue weighted by molar-refractivity contribution is 6.01. The molecule has 22 heavy (non-hydrogen) atoms. The van der Waals surface area contributed by atoms with Crippen molar-refractivity contribution < 1.29 is 9.59 Å². The van der Waals surface area contributed by atoms with E-state index in [1.54, 1.807) is 4.90 Å². The molecule has 1 atom stereocenters. The van der Waals surface area contributed by atoms with Gasteiger partial charge in [0.2, 0.25) is 11.8 Å². The summed E-state index contributed by atoms with van der Waals surface area (Å²) in [5.41, 5.74) is 0.906. The van der Waals surface area contributed by atoms with Gasteiger partial charge in [-0.1, -0.05) is 18.2 Å². The average molecular weight is 301 g/mol. The van der Waals surface area contributed by atoms with Crippen molar-refractivity contribution in [1.82, 2.24) is 10.2 Å². The molecule has 0 aromatic heterocycles. The second-order valence-corrected chi connectivity index (χ2v) is 6.25. The molecule has 1 aromatic carbocycles. The van der Waals surface area contributed by atoms with Gasteiger partial charge in [-0.05, 0) is 51.5 Å². The molecule has 1 N–H and O–H groups in total. The lowest BCUT2D eigenvalue weighted by atomic mass is 9.96. The number of likely N-dealkylation sites (tertiary alicyclic amines) is 1. The minimum Gasteiger partial charge on any atom is -0.344 e. The van der Waals surface area contributed by atoms with Gasteiger partial charge in [0, 0.05) is 18.2 Å². The monoisotopic (exact) mass is 301 g/mol. The summed E-state index contributed by atoms with van der Waals surface area (Å²) in [6.45, 7) is 2.57. The van der Waals surface area contributed by atoms with Crippen LogP contribution in [0.15, 0.2) is 30.3 Å². The normalized spacial score (nSPS) is 23.8. The number of hydrogen-bond acceptors (Lipinski definition) is 3. The highest BCUT2D eigenvalue weighted by atomic mass is 16.2. The van der Waals surface area contributed by atoms with Crippen LogP contribution < -0.4 is 10.2 Å². The largest absolute Gasteiger partial charge is 0.344 e. The first kappa shape index (κ1) is 15.0. The average Bonchev–Trinajstić information content (AvgIpc) is 2.90. The van der Waals surface area contributed by atoms with Crippen LogP contribution >= 0.6 is 0 Å². The third-order valence-electron chi connectivity index (χ3n) is 4.68. The summed E-state index contributed by atoms with van der Waals surface area (Å²) in [6.07, 6.45) is 2.45. The lowest BCUT2D eigenvalue weighted by molar-refractivity contribution is -0.130. The molecule has 0 radical (unpaired) electrons. The Morgan fingerprint density at radius 2 is 1.77 bits per heavy atom. The van der Waals surface area contributed by atoms with Crippen molar-refractivity contribution in [3.63, 3.8) is 0 Å². The summed E-state index contributed by atoms with van der Waals surface area (Å²) in [6, 6.07) is 9.27. The molecule has 1 unspecified atom stereocenters. The van der Waals surface area contributed by atoms with Gasteiger partial charge >= 0.3 is 0 Å². The van der Waals surface area contributed by atoms with E-state index in [4.69, 9.17) is 0 Å². The Bertz CT molecular complexity index is 538. The van der Waals surface area contributed by atoms with Gasteiger partial charge in [-0.2, -0.15) is 0 Å². The number of nitrogens with one attached hydrogen (secondary N) is 1. The van der Waals surface area contributed by atoms with Gasteiger partial charge in [-0.25, -0.2) is 0 Å². The predicted octanol–water partition coefficient (Wildman–Crippen LogP) is 1.25. The lowest BCUT2D eigenvalue weighted by Crippen LogP contribution is -2.46. The van der Waals surface area contributed by atoms with Crippen molar-refractivity contribution in [2.75, 3.05) is 31.6 Å². The van der Waals surface area contributed by atoms with E-state index in [-0.39, 0.29) is 23.8 Å². The van der Waals surface area contributed by atoms with Crippen molar-refractivity contribution in [3.05, 3.63) is 30.3 Å². The van der Waals surface area contributed by atoms with Crippen molar-refractivity contribution in [3.8, 4) is 0 Å². The number of piperidine rings is 1. The zero-order valence-electron chi connectivity index (χ0n) is 13.0. The predicted molar refractivity (Wildman–Crippen MR) is 85.6 cm³/mol. The molecule has 5 nitrogen and oxygen atoms in total. The van der Waals surface area contributed by atoms with Gasteiger partial charge in [-0.15, -0.1) is 0 Å². The summed E-state index contributed by atoms with van der Waals surface area (Å²) in [5.74, 6) is 0.101. The Labute approximate surface area is 131 Å². The maximum absolute atomic E-state index is 12.5. The van der Waals surface area contributed by atoms with Crippen molar-refractivity contribution in [2.45, 2.75) is 25.3 Å². The quantitative estimate of drug-likeness (QED) is 0.914. The number of rotatable bonds is 3. The zero-order chi connectivity index (χ0) is 15.5. The maximum Gasteiger partial charge on any atom is 0.249 e. The SMILES string of the molecule is CN1CCC(C(=O)NC2CCN(c3ccccc3)C2=O)CC1. The van der Waals surface area contributed by atoms with E-state index in [1.165, 1.54) is 0 Å². The molecule has 2 fully saturated rings. The maximum atomic E-state index is 12.5. The summed E-state index contributed by atoms with van der Waals surface area (Å²) < 4.78 is 0. The Kier molecular flexibility index (Phi) is 4.43. The molecular formula is C17H23N3O2. The fourth-order valence-electron chi connectivity index (χ4n) is 3.24. The number of para-hydroxylation sites is 1. The Morgan fingerprint density at radius 1 is 1.09 bits per heavy atom. The minimum atomic E-state index is -0.368. The van der Waals surface area contributed by atoms with Gasteiger partial charge in [0.1, 0.15) is 6.04 Å². The highest BCUT2D eigenvalue weighted by Crippen LogP contribution is 2.22. The Morgan fingerprint density at radius 3 is 2.45 bits per heavy atom. The van der Waals surface area contributed by atoms with Crippen LogP contribution in [0.5, 0.6) is 0 Å². The molecular weight excluding hydrogens is 278 g/mol. The Balaban J connectivity index is 1.58. The molecule has 3 rings (SSSR count). The van der Waals surface area contributed by atoms with Gasteiger partial charge in [0.15, 0.2) is 0 Å². The standard InChI is InChI=1S/C17H23N3O2/c1-19-10-7-13(8-11-19)16(21)18-15-9-12-20(17(15)22)14-5-3-2-4-6-14/h2-6,13,15H,7-12H2,1H3,(H,18,21). The van der Waals surface area contributed by atoms with Gasteiger partial charge < -0.3 is 15.1 Å². The van der Waals surface area contributed by atoms with Crippen LogP contribution in [0.4, 0.5) is 5.69 Å². The summed E-state index contributed by atoms with van der Waals surface area (Å²) >= 11 is 0. The lowest BCUT2D eigenvalue weighted by Gasteiger charge is -2.28. The van der Waals surface area contributed by atoms with E-state index in [2.05, 4.69) is 17.3 Å². The van der Waals surface area contributed by atoms with Gasteiger partial charge in [0.25, 0.3) is 0 Å². The number of nitrogens with zero attached hydrogens (tertiary/aromatic N) is 2. The molecule has 2 heterocycles. The first-order chi connectivity index (χ1) is 10.6. The van der Waals surface area contributed by atoms with Crippen LogP contribution in [-0.4, -0.2) is 49.4 Å². The van der Waals surface area contributed by atoms with Crippen LogP contribution in [0.25, 0.3) is 0 Å². The highest BCUT2D eigenvalue weighted by Gasteiger charge is 2.35. The van der Waals surface area contributed by atoms with E-state index < -0.39 is 0 Å². The van der Waals surface area contributed by atoms with Crippen LogP contribution in [0.2, 0.25) is 0 Å². The number of carbonyl (C=O) groups excluding carboxylic acids is 2. The second-order valence-electron chi connectivity index (χ2n) is 6.25. The minimum absolute atomic E-state index is 0.00692. The van der Waals surface area contributed by atoms with Crippen LogP contribution in [0, 0.1) is 5.92 Å². The molecule has 0 aliphatic carbocycles. The first-order valence-corrected chi connectivity index (χ1v) is 8.00. The van der Waals surface area contributed by atoms with E-state index in [9.17, 15) is 9.59 Å². The number of benzene rings is 1. The molecule has 1 aromatic rings. The third kappa shape index (κ3) is 3.14. The third-order valence-corrected chi connectivity index (χ3v) is 4.68. The number of carbonyl (C=O) groups is 2. The fraction of sp³-hybridized carbons (Fsp3) is 0.529. The molecule has 0 spiro atoms. The number of amides is 2. The summed E-state index contributed by atoms with van der Waals surface area (Å²) in [7, 11) is 2.08. The van der Waals surface area contributed by atoms with E-state index in [0.29, 0.717) is 13.0 Å². The number of anilines is 1. The zero-order valence-corrected chi connectivity index (χ0v) is 13.0. The molecule has 118 valence electrons. The summed E-state index contributed by atoms with van der Waals surface area (Å²) in [4.78, 5) is 28.8. The topological polar surface area (TPSA) is 52.7 Å². The van der Waals surface area contributed by atoms with E-state index >= 15 is 0 Å². The van der Waals surface area contributed by atoms with Gasteiger partial charge in [0.05, 0.1) is 0 Å². The van der Waals surface area contributed by atoms with Crippen molar-refractivity contribution in [2.24, 2.45) is 5.92 Å². The van der Waals surface area contributed by atoms with Crippen LogP contribution in [-0.2, 0) is 9.59 Å². The molecule has 2 aliphatic rings. The molecule has 5 heteroatoms. The number of hydrogen-bond donors (Lipinski definition) is 1. The second kappa shape index (κ2) is 6.48. The molecule has 2 saturated heterocycles. The van der Waals surface area contributed by atoms with Gasteiger partial charge in [-0.3, -0.25) is 9.59 Å². The van der Waals surface area contributed by atoms with Crippen LogP contribution in [0.3, 0.4) is 0 Å². The van der Waals surface area contributed by atoms with Crippen molar-refractivity contribution in [1.29, 1.82) is 0 Å². The smallest absolute Gasteiger partial charge is 0.249 e. The Hall–Kier alpha value is -1.88. The van der Waals surface area contributed by atoms with Crippen LogP contribution in [0.1, 0.15) is 19.3 Å². The molecule has 0 saturated carbocycles. The van der Waals surface area contributed by atoms with E-state index in [1.807, 2.05) is 30.3 Å². The first-order valence-electron chi connectivity index (χ1n) is 8.00. The summed E-state index contributed by atoms with van der Waals surface area (Å²) in [5, 5.41) is 2.96. The molecule has 0 bridgehead atoms.